The highest BCUT2D eigenvalue weighted by molar-refractivity contribution is 5.46. The Hall–Kier alpha value is -2.01. The number of para-hydroxylation sites is 2. The lowest BCUT2D eigenvalue weighted by atomic mass is 10.3. The second kappa shape index (κ2) is 5.55. The van der Waals surface area contributed by atoms with Crippen molar-refractivity contribution >= 4 is 0 Å². The monoisotopic (exact) mass is 248 g/mol. The van der Waals surface area contributed by atoms with Gasteiger partial charge in [0.15, 0.2) is 5.75 Å². The Labute approximate surface area is 106 Å². The molecule has 0 radical (unpaired) electrons. The molecule has 0 bridgehead atoms. The lowest BCUT2D eigenvalue weighted by molar-refractivity contribution is 0.122. The number of rotatable bonds is 5. The molecule has 1 atom stereocenters. The Morgan fingerprint density at radius 3 is 2.89 bits per heavy atom. The van der Waals surface area contributed by atoms with E-state index in [9.17, 15) is 0 Å². The van der Waals surface area contributed by atoms with Crippen LogP contribution in [0.2, 0.25) is 0 Å². The maximum Gasteiger partial charge on any atom is 0.157 e. The third-order valence-electron chi connectivity index (χ3n) is 2.38. The second-order valence-corrected chi connectivity index (χ2v) is 3.95. The average molecular weight is 248 g/mol. The van der Waals surface area contributed by atoms with Crippen molar-refractivity contribution in [3.8, 4) is 17.2 Å². The summed E-state index contributed by atoms with van der Waals surface area (Å²) in [5.41, 5.74) is 0.840. The molecule has 5 nitrogen and oxygen atoms in total. The SMILES string of the molecule is COc1ccccc1-n1cc(OCC(C)O)cn1. The normalized spacial score (nSPS) is 12.2. The van der Waals surface area contributed by atoms with E-state index in [1.807, 2.05) is 24.3 Å². The lowest BCUT2D eigenvalue weighted by Crippen LogP contribution is -2.12. The molecule has 0 fully saturated rings. The molecule has 1 unspecified atom stereocenters. The number of benzene rings is 1. The van der Waals surface area contributed by atoms with Gasteiger partial charge in [-0.25, -0.2) is 4.68 Å². The van der Waals surface area contributed by atoms with E-state index in [-0.39, 0.29) is 6.61 Å². The Kier molecular flexibility index (Phi) is 3.84. The molecule has 5 heteroatoms. The molecule has 0 aliphatic carbocycles. The maximum absolute atomic E-state index is 9.15. The summed E-state index contributed by atoms with van der Waals surface area (Å²) < 4.78 is 12.3. The van der Waals surface area contributed by atoms with E-state index in [0.29, 0.717) is 5.75 Å². The number of aliphatic hydroxyl groups excluding tert-OH is 1. The Morgan fingerprint density at radius 2 is 2.17 bits per heavy atom. The van der Waals surface area contributed by atoms with E-state index < -0.39 is 6.10 Å². The van der Waals surface area contributed by atoms with E-state index in [4.69, 9.17) is 14.6 Å². The Morgan fingerprint density at radius 1 is 1.39 bits per heavy atom. The van der Waals surface area contributed by atoms with Gasteiger partial charge in [0.05, 0.1) is 25.6 Å². The molecular weight excluding hydrogens is 232 g/mol. The molecule has 2 aromatic rings. The van der Waals surface area contributed by atoms with E-state index in [1.54, 1.807) is 31.1 Å². The van der Waals surface area contributed by atoms with E-state index in [0.717, 1.165) is 11.4 Å². The van der Waals surface area contributed by atoms with Gasteiger partial charge in [-0.05, 0) is 19.1 Å². The maximum atomic E-state index is 9.15. The van der Waals surface area contributed by atoms with Crippen molar-refractivity contribution in [3.63, 3.8) is 0 Å². The topological polar surface area (TPSA) is 56.5 Å². The zero-order valence-electron chi connectivity index (χ0n) is 10.4. The van der Waals surface area contributed by atoms with Gasteiger partial charge in [-0.2, -0.15) is 5.10 Å². The van der Waals surface area contributed by atoms with Crippen molar-refractivity contribution in [2.24, 2.45) is 0 Å². The van der Waals surface area contributed by atoms with Crippen LogP contribution in [-0.4, -0.2) is 34.7 Å². The zero-order valence-corrected chi connectivity index (χ0v) is 10.4. The van der Waals surface area contributed by atoms with Gasteiger partial charge in [0.2, 0.25) is 0 Å². The largest absolute Gasteiger partial charge is 0.494 e. The predicted molar refractivity (Wildman–Crippen MR) is 67.3 cm³/mol. The van der Waals surface area contributed by atoms with Crippen LogP contribution in [0, 0.1) is 0 Å². The zero-order chi connectivity index (χ0) is 13.0. The predicted octanol–water partition coefficient (Wildman–Crippen LogP) is 1.64. The summed E-state index contributed by atoms with van der Waals surface area (Å²) in [7, 11) is 1.62. The number of hydrogen-bond acceptors (Lipinski definition) is 4. The van der Waals surface area contributed by atoms with Crippen LogP contribution in [0.1, 0.15) is 6.92 Å². The van der Waals surface area contributed by atoms with Crippen LogP contribution in [-0.2, 0) is 0 Å². The van der Waals surface area contributed by atoms with Crippen LogP contribution in [0.3, 0.4) is 0 Å². The summed E-state index contributed by atoms with van der Waals surface area (Å²) >= 11 is 0. The van der Waals surface area contributed by atoms with E-state index in [2.05, 4.69) is 5.10 Å². The summed E-state index contributed by atoms with van der Waals surface area (Å²) in [6.45, 7) is 1.92. The Bertz CT molecular complexity index is 508. The first kappa shape index (κ1) is 12.4. The number of nitrogens with zero attached hydrogens (tertiary/aromatic N) is 2. The van der Waals surface area contributed by atoms with Gasteiger partial charge in [-0.15, -0.1) is 0 Å². The minimum absolute atomic E-state index is 0.248. The summed E-state index contributed by atoms with van der Waals surface area (Å²) in [6, 6.07) is 7.59. The summed E-state index contributed by atoms with van der Waals surface area (Å²) in [5, 5.41) is 13.4. The highest BCUT2D eigenvalue weighted by atomic mass is 16.5. The molecule has 2 rings (SSSR count). The van der Waals surface area contributed by atoms with Crippen LogP contribution < -0.4 is 9.47 Å². The summed E-state index contributed by atoms with van der Waals surface area (Å²) in [5.74, 6) is 1.35. The highest BCUT2D eigenvalue weighted by Crippen LogP contribution is 2.23. The molecule has 1 heterocycles. The standard InChI is InChI=1S/C13H16N2O3/c1-10(16)9-18-11-7-14-15(8-11)12-5-3-4-6-13(12)17-2/h3-8,10,16H,9H2,1-2H3. The molecule has 0 aliphatic rings. The van der Waals surface area contributed by atoms with Crippen LogP contribution >= 0.6 is 0 Å². The van der Waals surface area contributed by atoms with Gasteiger partial charge < -0.3 is 14.6 Å². The Balaban J connectivity index is 2.18. The second-order valence-electron chi connectivity index (χ2n) is 3.95. The minimum Gasteiger partial charge on any atom is -0.494 e. The van der Waals surface area contributed by atoms with Crippen molar-refractivity contribution in [1.82, 2.24) is 9.78 Å². The van der Waals surface area contributed by atoms with Gasteiger partial charge >= 0.3 is 0 Å². The quantitative estimate of drug-likeness (QED) is 0.874. The molecule has 96 valence electrons. The number of aromatic nitrogens is 2. The van der Waals surface area contributed by atoms with Crippen LogP contribution in [0.15, 0.2) is 36.7 Å². The van der Waals surface area contributed by atoms with Crippen LogP contribution in [0.4, 0.5) is 0 Å². The van der Waals surface area contributed by atoms with Gasteiger partial charge in [-0.1, -0.05) is 12.1 Å². The molecule has 0 spiro atoms. The van der Waals surface area contributed by atoms with Gasteiger partial charge in [-0.3, -0.25) is 0 Å². The third-order valence-corrected chi connectivity index (χ3v) is 2.38. The summed E-state index contributed by atoms with van der Waals surface area (Å²) in [4.78, 5) is 0. The molecule has 0 saturated carbocycles. The molecule has 18 heavy (non-hydrogen) atoms. The van der Waals surface area contributed by atoms with Crippen molar-refractivity contribution in [2.45, 2.75) is 13.0 Å². The smallest absolute Gasteiger partial charge is 0.157 e. The molecule has 1 aromatic carbocycles. The van der Waals surface area contributed by atoms with Gasteiger partial charge in [0.1, 0.15) is 18.0 Å². The van der Waals surface area contributed by atoms with E-state index >= 15 is 0 Å². The van der Waals surface area contributed by atoms with Gasteiger partial charge in [0.25, 0.3) is 0 Å². The fourth-order valence-electron chi connectivity index (χ4n) is 1.55. The summed E-state index contributed by atoms with van der Waals surface area (Å²) in [6.07, 6.45) is 2.86. The van der Waals surface area contributed by atoms with E-state index in [1.165, 1.54) is 0 Å². The number of methoxy groups -OCH3 is 1. The average Bonchev–Trinajstić information content (AvgIpc) is 2.85. The number of aliphatic hydroxyl groups is 1. The van der Waals surface area contributed by atoms with Crippen molar-refractivity contribution in [2.75, 3.05) is 13.7 Å². The molecule has 1 aromatic heterocycles. The minimum atomic E-state index is -0.500. The van der Waals surface area contributed by atoms with Crippen molar-refractivity contribution < 1.29 is 14.6 Å². The van der Waals surface area contributed by atoms with Crippen molar-refractivity contribution in [3.05, 3.63) is 36.7 Å². The fraction of sp³-hybridized carbons (Fsp3) is 0.308. The number of ether oxygens (including phenoxy) is 2. The molecule has 0 saturated heterocycles. The fourth-order valence-corrected chi connectivity index (χ4v) is 1.55. The highest BCUT2D eigenvalue weighted by Gasteiger charge is 2.07. The van der Waals surface area contributed by atoms with Gasteiger partial charge in [0, 0.05) is 0 Å². The van der Waals surface area contributed by atoms with Crippen LogP contribution in [0.5, 0.6) is 11.5 Å². The number of hydrogen-bond donors (Lipinski definition) is 1. The molecular formula is C13H16N2O3. The first-order chi connectivity index (χ1) is 8.70. The van der Waals surface area contributed by atoms with Crippen molar-refractivity contribution in [1.29, 1.82) is 0 Å². The molecule has 0 aliphatic heterocycles. The lowest BCUT2D eigenvalue weighted by Gasteiger charge is -2.07. The third kappa shape index (κ3) is 2.81. The first-order valence-electron chi connectivity index (χ1n) is 5.69. The molecule has 1 N–H and O–H groups in total. The molecule has 0 amide bonds. The first-order valence-corrected chi connectivity index (χ1v) is 5.69. The van der Waals surface area contributed by atoms with Crippen LogP contribution in [0.25, 0.3) is 5.69 Å².